The van der Waals surface area contributed by atoms with Gasteiger partial charge in [-0.05, 0) is 51.5 Å². The molecule has 0 bridgehead atoms. The van der Waals surface area contributed by atoms with Crippen molar-refractivity contribution in [2.45, 2.75) is 45.6 Å². The third-order valence-electron chi connectivity index (χ3n) is 4.69. The molecule has 1 aromatic rings. The van der Waals surface area contributed by atoms with Crippen LogP contribution >= 0.6 is 11.3 Å². The van der Waals surface area contributed by atoms with Gasteiger partial charge in [-0.15, -0.1) is 11.3 Å². The van der Waals surface area contributed by atoms with Crippen LogP contribution < -0.4 is 5.32 Å². The molecule has 1 aliphatic heterocycles. The third kappa shape index (κ3) is 4.05. The summed E-state index contributed by atoms with van der Waals surface area (Å²) in [5.41, 5.74) is 1.11. The van der Waals surface area contributed by atoms with Crippen LogP contribution in [0.2, 0.25) is 0 Å². The highest BCUT2D eigenvalue weighted by atomic mass is 32.2. The molecule has 1 aromatic heterocycles. The van der Waals surface area contributed by atoms with E-state index < -0.39 is 9.84 Å². The van der Waals surface area contributed by atoms with E-state index in [0.29, 0.717) is 29.4 Å². The molecule has 1 saturated carbocycles. The molecule has 2 atom stereocenters. The molecule has 118 valence electrons. The molecule has 0 spiro atoms. The maximum Gasteiger partial charge on any atom is 0.150 e. The first kappa shape index (κ1) is 15.4. The molecule has 1 saturated heterocycles. The molecule has 0 aromatic carbocycles. The van der Waals surface area contributed by atoms with Gasteiger partial charge in [-0.2, -0.15) is 0 Å². The van der Waals surface area contributed by atoms with Gasteiger partial charge in [0, 0.05) is 17.3 Å². The Hall–Kier alpha value is -0.460. The Balaban J connectivity index is 1.68. The summed E-state index contributed by atoms with van der Waals surface area (Å²) in [6.07, 6.45) is 4.28. The zero-order valence-corrected chi connectivity index (χ0v) is 14.4. The Kier molecular flexibility index (Phi) is 4.39. The number of aryl methyl sites for hydroxylation is 2. The Morgan fingerprint density at radius 1 is 1.33 bits per heavy atom. The minimum Gasteiger partial charge on any atom is -0.314 e. The van der Waals surface area contributed by atoms with Gasteiger partial charge in [-0.25, -0.2) is 13.4 Å². The van der Waals surface area contributed by atoms with Crippen LogP contribution in [0, 0.1) is 25.7 Å². The van der Waals surface area contributed by atoms with Crippen molar-refractivity contribution < 1.29 is 8.42 Å². The zero-order chi connectivity index (χ0) is 15.0. The lowest BCUT2D eigenvalue weighted by Crippen LogP contribution is -2.31. The van der Waals surface area contributed by atoms with E-state index in [0.717, 1.165) is 30.1 Å². The fraction of sp³-hybridized carbons (Fsp3) is 0.800. The normalized spacial score (nSPS) is 26.1. The maximum atomic E-state index is 11.8. The second-order valence-electron chi connectivity index (χ2n) is 6.56. The fourth-order valence-corrected chi connectivity index (χ4v) is 6.00. The van der Waals surface area contributed by atoms with E-state index in [4.69, 9.17) is 0 Å². The molecule has 21 heavy (non-hydrogen) atoms. The second kappa shape index (κ2) is 5.97. The van der Waals surface area contributed by atoms with Gasteiger partial charge >= 0.3 is 0 Å². The summed E-state index contributed by atoms with van der Waals surface area (Å²) in [5.74, 6) is 1.43. The quantitative estimate of drug-likeness (QED) is 0.869. The van der Waals surface area contributed by atoms with Crippen LogP contribution in [-0.4, -0.2) is 37.5 Å². The number of hydrogen-bond donors (Lipinski definition) is 1. The van der Waals surface area contributed by atoms with Crippen molar-refractivity contribution in [1.82, 2.24) is 10.3 Å². The van der Waals surface area contributed by atoms with Crippen molar-refractivity contribution in [1.29, 1.82) is 0 Å². The van der Waals surface area contributed by atoms with Gasteiger partial charge in [0.25, 0.3) is 0 Å². The van der Waals surface area contributed by atoms with Crippen molar-refractivity contribution in [3.05, 3.63) is 15.6 Å². The molecule has 1 N–H and O–H groups in total. The molecule has 0 amide bonds. The monoisotopic (exact) mass is 328 g/mol. The van der Waals surface area contributed by atoms with Gasteiger partial charge in [0.15, 0.2) is 9.84 Å². The molecule has 3 rings (SSSR count). The highest BCUT2D eigenvalue weighted by Gasteiger charge is 2.35. The lowest BCUT2D eigenvalue weighted by atomic mass is 9.89. The number of nitrogens with zero attached hydrogens (tertiary/aromatic N) is 1. The van der Waals surface area contributed by atoms with E-state index >= 15 is 0 Å². The summed E-state index contributed by atoms with van der Waals surface area (Å²) in [7, 11) is -2.80. The van der Waals surface area contributed by atoms with Gasteiger partial charge in [0.2, 0.25) is 0 Å². The van der Waals surface area contributed by atoms with Crippen molar-refractivity contribution in [3.8, 4) is 0 Å². The van der Waals surface area contributed by atoms with E-state index in [1.54, 1.807) is 11.3 Å². The summed E-state index contributed by atoms with van der Waals surface area (Å²) >= 11 is 1.76. The van der Waals surface area contributed by atoms with E-state index in [1.165, 1.54) is 17.7 Å². The molecule has 2 fully saturated rings. The van der Waals surface area contributed by atoms with Gasteiger partial charge in [0.1, 0.15) is 0 Å². The van der Waals surface area contributed by atoms with Crippen molar-refractivity contribution in [2.75, 3.05) is 18.1 Å². The van der Waals surface area contributed by atoms with Crippen molar-refractivity contribution in [2.24, 2.45) is 11.8 Å². The Morgan fingerprint density at radius 3 is 2.62 bits per heavy atom. The number of thiazole rings is 1. The van der Waals surface area contributed by atoms with Gasteiger partial charge in [-0.1, -0.05) is 0 Å². The summed E-state index contributed by atoms with van der Waals surface area (Å²) < 4.78 is 23.5. The number of nitrogens with one attached hydrogen (secondary N) is 1. The number of rotatable bonds is 6. The SMILES string of the molecule is Cc1nc(CC(CNC2CC2)C2CCS(=O)(=O)C2)sc1C. The predicted octanol–water partition coefficient (Wildman–Crippen LogP) is 2.11. The van der Waals surface area contributed by atoms with E-state index in [2.05, 4.69) is 17.2 Å². The maximum absolute atomic E-state index is 11.8. The first-order valence-electron chi connectivity index (χ1n) is 7.79. The molecular formula is C15H24N2O2S2. The number of sulfone groups is 1. The molecule has 2 heterocycles. The zero-order valence-electron chi connectivity index (χ0n) is 12.8. The smallest absolute Gasteiger partial charge is 0.150 e. The number of aromatic nitrogens is 1. The summed E-state index contributed by atoms with van der Waals surface area (Å²) in [6.45, 7) is 5.09. The minimum absolute atomic E-state index is 0.297. The fourth-order valence-electron chi connectivity index (χ4n) is 3.06. The number of hydrogen-bond acceptors (Lipinski definition) is 5. The lowest BCUT2D eigenvalue weighted by Gasteiger charge is -2.22. The van der Waals surface area contributed by atoms with Gasteiger partial charge in [0.05, 0.1) is 22.2 Å². The van der Waals surface area contributed by atoms with Crippen LogP contribution in [0.15, 0.2) is 0 Å². The van der Waals surface area contributed by atoms with Crippen LogP contribution in [0.1, 0.15) is 34.8 Å². The second-order valence-corrected chi connectivity index (χ2v) is 10.1. The topological polar surface area (TPSA) is 59.1 Å². The van der Waals surface area contributed by atoms with Crippen LogP contribution in [0.5, 0.6) is 0 Å². The molecular weight excluding hydrogens is 304 g/mol. The van der Waals surface area contributed by atoms with Gasteiger partial charge in [-0.3, -0.25) is 0 Å². The van der Waals surface area contributed by atoms with Crippen LogP contribution in [-0.2, 0) is 16.3 Å². The third-order valence-corrected chi connectivity index (χ3v) is 7.58. The average Bonchev–Trinajstić information content (AvgIpc) is 3.09. The van der Waals surface area contributed by atoms with Crippen LogP contribution in [0.3, 0.4) is 0 Å². The Labute approximate surface area is 131 Å². The minimum atomic E-state index is -2.80. The van der Waals surface area contributed by atoms with Crippen LogP contribution in [0.4, 0.5) is 0 Å². The van der Waals surface area contributed by atoms with E-state index in [-0.39, 0.29) is 0 Å². The Morgan fingerprint density at radius 2 is 2.10 bits per heavy atom. The van der Waals surface area contributed by atoms with Crippen molar-refractivity contribution >= 4 is 21.2 Å². The average molecular weight is 329 g/mol. The van der Waals surface area contributed by atoms with Gasteiger partial charge < -0.3 is 5.32 Å². The molecule has 2 unspecified atom stereocenters. The molecule has 4 nitrogen and oxygen atoms in total. The van der Waals surface area contributed by atoms with Crippen LogP contribution in [0.25, 0.3) is 0 Å². The molecule has 0 radical (unpaired) electrons. The first-order chi connectivity index (χ1) is 9.93. The summed E-state index contributed by atoms with van der Waals surface area (Å²) in [5, 5.41) is 4.75. The largest absolute Gasteiger partial charge is 0.314 e. The first-order valence-corrected chi connectivity index (χ1v) is 10.4. The summed E-state index contributed by atoms with van der Waals surface area (Å²) in [6, 6.07) is 0.672. The predicted molar refractivity (Wildman–Crippen MR) is 86.6 cm³/mol. The molecule has 1 aliphatic carbocycles. The van der Waals surface area contributed by atoms with Crippen molar-refractivity contribution in [3.63, 3.8) is 0 Å². The van der Waals surface area contributed by atoms with E-state index in [1.807, 2.05) is 6.92 Å². The standard InChI is InChI=1S/C15H24N2O2S2/c1-10-11(2)20-15(17-10)7-13(8-16-14-3-4-14)12-5-6-21(18,19)9-12/h12-14,16H,3-9H2,1-2H3. The van der Waals surface area contributed by atoms with E-state index in [9.17, 15) is 8.42 Å². The molecule has 6 heteroatoms. The summed E-state index contributed by atoms with van der Waals surface area (Å²) in [4.78, 5) is 5.92. The highest BCUT2D eigenvalue weighted by molar-refractivity contribution is 7.91. The highest BCUT2D eigenvalue weighted by Crippen LogP contribution is 2.31. The Bertz CT molecular complexity index is 586. The molecule has 2 aliphatic rings. The lowest BCUT2D eigenvalue weighted by molar-refractivity contribution is 0.342.